The molecule has 2 rings (SSSR count). The molecular formula is C13H17ClN2OS. The maximum Gasteiger partial charge on any atom is 0.107 e. The quantitative estimate of drug-likeness (QED) is 0.866. The van der Waals surface area contributed by atoms with Crippen LogP contribution < -0.4 is 10.6 Å². The second-order valence-corrected chi connectivity index (χ2v) is 5.29. The van der Waals surface area contributed by atoms with Crippen LogP contribution in [0.1, 0.15) is 18.4 Å². The first-order valence-electron chi connectivity index (χ1n) is 5.99. The van der Waals surface area contributed by atoms with E-state index in [0.717, 1.165) is 37.2 Å². The van der Waals surface area contributed by atoms with Gasteiger partial charge in [0.2, 0.25) is 0 Å². The molecule has 0 bridgehead atoms. The van der Waals surface area contributed by atoms with Gasteiger partial charge in [0.05, 0.1) is 16.7 Å². The Labute approximate surface area is 118 Å². The van der Waals surface area contributed by atoms with Crippen molar-refractivity contribution >= 4 is 34.5 Å². The number of anilines is 1. The fourth-order valence-electron chi connectivity index (χ4n) is 2.37. The molecule has 1 aromatic rings. The van der Waals surface area contributed by atoms with Crippen LogP contribution in [0.3, 0.4) is 0 Å². The lowest BCUT2D eigenvalue weighted by Crippen LogP contribution is -2.40. The lowest BCUT2D eigenvalue weighted by atomic mass is 10.0. The highest BCUT2D eigenvalue weighted by atomic mass is 35.5. The number of hydrogen-bond donors (Lipinski definition) is 1. The van der Waals surface area contributed by atoms with Crippen LogP contribution >= 0.6 is 23.8 Å². The lowest BCUT2D eigenvalue weighted by molar-refractivity contribution is 0.0893. The van der Waals surface area contributed by atoms with E-state index >= 15 is 0 Å². The highest BCUT2D eigenvalue weighted by Gasteiger charge is 2.22. The summed E-state index contributed by atoms with van der Waals surface area (Å²) in [7, 11) is 1.75. The van der Waals surface area contributed by atoms with Gasteiger partial charge in [0.25, 0.3) is 0 Å². The summed E-state index contributed by atoms with van der Waals surface area (Å²) in [5, 5.41) is 0.611. The van der Waals surface area contributed by atoms with Crippen LogP contribution in [0.2, 0.25) is 5.02 Å². The van der Waals surface area contributed by atoms with Crippen molar-refractivity contribution < 1.29 is 4.74 Å². The molecule has 0 amide bonds. The Kier molecular flexibility index (Phi) is 4.43. The van der Waals surface area contributed by atoms with Crippen LogP contribution in [0.5, 0.6) is 0 Å². The third-order valence-electron chi connectivity index (χ3n) is 3.29. The van der Waals surface area contributed by atoms with Gasteiger partial charge in [0.15, 0.2) is 0 Å². The summed E-state index contributed by atoms with van der Waals surface area (Å²) in [6.07, 6.45) is 2.45. The molecule has 0 aliphatic carbocycles. The van der Waals surface area contributed by atoms with Crippen LogP contribution in [-0.2, 0) is 4.74 Å². The molecule has 5 heteroatoms. The number of nitrogens with zero attached hydrogens (tertiary/aromatic N) is 1. The van der Waals surface area contributed by atoms with Gasteiger partial charge in [-0.25, -0.2) is 0 Å². The van der Waals surface area contributed by atoms with Crippen LogP contribution in [0.4, 0.5) is 5.69 Å². The number of piperidine rings is 1. The summed E-state index contributed by atoms with van der Waals surface area (Å²) < 4.78 is 5.43. The summed E-state index contributed by atoms with van der Waals surface area (Å²) in [5.41, 5.74) is 7.56. The van der Waals surface area contributed by atoms with Crippen molar-refractivity contribution in [3.05, 3.63) is 28.8 Å². The van der Waals surface area contributed by atoms with Crippen LogP contribution in [-0.4, -0.2) is 31.3 Å². The molecule has 3 nitrogen and oxygen atoms in total. The molecule has 1 atom stereocenters. The van der Waals surface area contributed by atoms with E-state index in [0.29, 0.717) is 10.0 Å². The van der Waals surface area contributed by atoms with Gasteiger partial charge in [-0.2, -0.15) is 0 Å². The minimum atomic E-state index is 0.261. The molecule has 1 heterocycles. The Bertz CT molecular complexity index is 453. The molecule has 1 aromatic carbocycles. The molecule has 0 saturated carbocycles. The smallest absolute Gasteiger partial charge is 0.107 e. The van der Waals surface area contributed by atoms with Crippen LogP contribution in [0.25, 0.3) is 0 Å². The fraction of sp³-hybridized carbons (Fsp3) is 0.462. The molecule has 18 heavy (non-hydrogen) atoms. The van der Waals surface area contributed by atoms with Gasteiger partial charge < -0.3 is 15.4 Å². The summed E-state index contributed by atoms with van der Waals surface area (Å²) >= 11 is 11.3. The van der Waals surface area contributed by atoms with Crippen molar-refractivity contribution in [2.45, 2.75) is 18.9 Å². The van der Waals surface area contributed by atoms with Gasteiger partial charge in [-0.05, 0) is 25.0 Å². The number of thiocarbonyl (C=S) groups is 1. The predicted octanol–water partition coefficient (Wildman–Crippen LogP) is 2.59. The van der Waals surface area contributed by atoms with Crippen LogP contribution in [0.15, 0.2) is 18.2 Å². The molecule has 98 valence electrons. The first-order chi connectivity index (χ1) is 8.63. The number of rotatable bonds is 3. The first kappa shape index (κ1) is 13.6. The Balaban J connectivity index is 2.32. The number of ether oxygens (including phenoxy) is 1. The molecular weight excluding hydrogens is 268 g/mol. The van der Waals surface area contributed by atoms with E-state index in [4.69, 9.17) is 34.3 Å². The van der Waals surface area contributed by atoms with Gasteiger partial charge in [-0.1, -0.05) is 29.9 Å². The molecule has 1 unspecified atom stereocenters. The fourth-order valence-corrected chi connectivity index (χ4v) is 2.91. The normalized spacial score (nSPS) is 19.9. The average Bonchev–Trinajstić information content (AvgIpc) is 2.38. The van der Waals surface area contributed by atoms with E-state index in [2.05, 4.69) is 4.90 Å². The van der Waals surface area contributed by atoms with Crippen molar-refractivity contribution in [1.82, 2.24) is 0 Å². The summed E-state index contributed by atoms with van der Waals surface area (Å²) in [4.78, 5) is 2.59. The zero-order valence-electron chi connectivity index (χ0n) is 10.4. The molecule has 1 aliphatic rings. The zero-order valence-corrected chi connectivity index (χ0v) is 11.9. The Hall–Kier alpha value is -0.840. The van der Waals surface area contributed by atoms with Gasteiger partial charge >= 0.3 is 0 Å². The monoisotopic (exact) mass is 284 g/mol. The summed E-state index contributed by atoms with van der Waals surface area (Å²) in [5.74, 6) is 0. The van der Waals surface area contributed by atoms with Gasteiger partial charge in [-0.3, -0.25) is 0 Å². The van der Waals surface area contributed by atoms with E-state index in [-0.39, 0.29) is 6.10 Å². The van der Waals surface area contributed by atoms with E-state index in [1.54, 1.807) is 7.11 Å². The van der Waals surface area contributed by atoms with E-state index in [1.807, 2.05) is 18.2 Å². The summed E-state index contributed by atoms with van der Waals surface area (Å²) in [6, 6.07) is 5.76. The van der Waals surface area contributed by atoms with Crippen molar-refractivity contribution in [1.29, 1.82) is 0 Å². The maximum atomic E-state index is 6.19. The molecule has 1 aliphatic heterocycles. The van der Waals surface area contributed by atoms with E-state index in [9.17, 15) is 0 Å². The number of hydrogen-bond acceptors (Lipinski definition) is 3. The van der Waals surface area contributed by atoms with E-state index in [1.165, 1.54) is 0 Å². The SMILES string of the molecule is COC1CCCN(c2cccc(Cl)c2C(N)=S)C1. The Morgan fingerprint density at radius 3 is 3.00 bits per heavy atom. The van der Waals surface area contributed by atoms with E-state index < -0.39 is 0 Å². The van der Waals surface area contributed by atoms with Gasteiger partial charge in [0, 0.05) is 25.9 Å². The molecule has 1 fully saturated rings. The number of benzene rings is 1. The topological polar surface area (TPSA) is 38.5 Å². The lowest BCUT2D eigenvalue weighted by Gasteiger charge is -2.34. The number of methoxy groups -OCH3 is 1. The number of nitrogens with two attached hydrogens (primary N) is 1. The third-order valence-corrected chi connectivity index (χ3v) is 3.81. The highest BCUT2D eigenvalue weighted by molar-refractivity contribution is 7.80. The summed E-state index contributed by atoms with van der Waals surface area (Å²) in [6.45, 7) is 1.84. The zero-order chi connectivity index (χ0) is 13.1. The largest absolute Gasteiger partial charge is 0.389 e. The van der Waals surface area contributed by atoms with Crippen molar-refractivity contribution in [3.8, 4) is 0 Å². The Morgan fingerprint density at radius 2 is 2.33 bits per heavy atom. The minimum Gasteiger partial charge on any atom is -0.389 e. The van der Waals surface area contributed by atoms with Crippen molar-refractivity contribution in [2.24, 2.45) is 5.73 Å². The predicted molar refractivity (Wildman–Crippen MR) is 79.6 cm³/mol. The van der Waals surface area contributed by atoms with Crippen molar-refractivity contribution in [2.75, 3.05) is 25.1 Å². The third kappa shape index (κ3) is 2.76. The number of halogens is 1. The molecule has 0 aromatic heterocycles. The average molecular weight is 285 g/mol. The molecule has 0 radical (unpaired) electrons. The molecule has 2 N–H and O–H groups in total. The second-order valence-electron chi connectivity index (χ2n) is 4.44. The standard InChI is InChI=1S/C13H17ClN2OS/c1-17-9-4-3-7-16(8-9)11-6-2-5-10(14)12(11)13(15)18/h2,5-6,9H,3-4,7-8H2,1H3,(H2,15,18). The second kappa shape index (κ2) is 5.87. The molecule has 0 spiro atoms. The maximum absolute atomic E-state index is 6.19. The Morgan fingerprint density at radius 1 is 1.56 bits per heavy atom. The highest BCUT2D eigenvalue weighted by Crippen LogP contribution is 2.29. The van der Waals surface area contributed by atoms with Crippen LogP contribution in [0, 0.1) is 0 Å². The first-order valence-corrected chi connectivity index (χ1v) is 6.78. The minimum absolute atomic E-state index is 0.261. The van der Waals surface area contributed by atoms with Crippen molar-refractivity contribution in [3.63, 3.8) is 0 Å². The molecule has 1 saturated heterocycles. The van der Waals surface area contributed by atoms with Gasteiger partial charge in [0.1, 0.15) is 4.99 Å². The van der Waals surface area contributed by atoms with Gasteiger partial charge in [-0.15, -0.1) is 0 Å².